The van der Waals surface area contributed by atoms with E-state index in [1.807, 2.05) is 43.3 Å². The van der Waals surface area contributed by atoms with Crippen molar-refractivity contribution < 1.29 is 19.4 Å². The molecular weight excluding hydrogens is 428 g/mol. The summed E-state index contributed by atoms with van der Waals surface area (Å²) >= 11 is 0. The molecule has 1 heterocycles. The van der Waals surface area contributed by atoms with Gasteiger partial charge in [-0.15, -0.1) is 0 Å². The van der Waals surface area contributed by atoms with E-state index in [4.69, 9.17) is 4.42 Å². The average molecular weight is 446 g/mol. The molecule has 164 valence electrons. The molecule has 0 unspecified atom stereocenters. The van der Waals surface area contributed by atoms with Crippen molar-refractivity contribution >= 4 is 49.5 Å². The SMILES string of the molecule is Cc1cc(C(=O)O)ccc1-c1c2ccc3cc(O)ccc3c2oc2c1ccc1cc(=O)ccc12. The fourth-order valence-corrected chi connectivity index (χ4v) is 4.80. The van der Waals surface area contributed by atoms with Crippen molar-refractivity contribution in [3.63, 3.8) is 0 Å². The third kappa shape index (κ3) is 2.94. The second-order valence-corrected chi connectivity index (χ2v) is 8.48. The summed E-state index contributed by atoms with van der Waals surface area (Å²) in [5, 5.41) is 24.4. The highest BCUT2D eigenvalue weighted by Crippen LogP contribution is 2.42. The van der Waals surface area contributed by atoms with Crippen molar-refractivity contribution in [2.75, 3.05) is 0 Å². The fourth-order valence-electron chi connectivity index (χ4n) is 4.80. The highest BCUT2D eigenvalue weighted by molar-refractivity contribution is 6.19. The minimum absolute atomic E-state index is 0.0751. The molecule has 0 aliphatic carbocycles. The Kier molecular flexibility index (Phi) is 4.23. The molecule has 0 saturated carbocycles. The Bertz CT molecular complexity index is 1880. The summed E-state index contributed by atoms with van der Waals surface area (Å²) in [6, 6.07) is 22.9. The van der Waals surface area contributed by atoms with E-state index < -0.39 is 5.97 Å². The number of aromatic carboxylic acids is 1. The first-order valence-electron chi connectivity index (χ1n) is 10.8. The molecule has 0 fully saturated rings. The third-order valence-corrected chi connectivity index (χ3v) is 6.38. The summed E-state index contributed by atoms with van der Waals surface area (Å²) < 4.78 is 6.54. The van der Waals surface area contributed by atoms with Crippen molar-refractivity contribution in [3.05, 3.63) is 100 Å². The van der Waals surface area contributed by atoms with Crippen LogP contribution in [0.3, 0.4) is 0 Å². The zero-order valence-electron chi connectivity index (χ0n) is 18.1. The molecule has 0 aliphatic rings. The monoisotopic (exact) mass is 446 g/mol. The van der Waals surface area contributed by atoms with Crippen LogP contribution in [0.4, 0.5) is 0 Å². The summed E-state index contributed by atoms with van der Waals surface area (Å²) in [5.41, 5.74) is 4.10. The molecule has 5 heteroatoms. The van der Waals surface area contributed by atoms with Crippen molar-refractivity contribution in [3.8, 4) is 16.9 Å². The lowest BCUT2D eigenvalue weighted by molar-refractivity contribution is 0.0697. The minimum atomic E-state index is -0.974. The Morgan fingerprint density at radius 2 is 1.35 bits per heavy atom. The number of aryl methyl sites for hydroxylation is 1. The zero-order valence-corrected chi connectivity index (χ0v) is 18.1. The van der Waals surface area contributed by atoms with E-state index in [0.29, 0.717) is 11.2 Å². The summed E-state index contributed by atoms with van der Waals surface area (Å²) in [4.78, 5) is 23.5. The van der Waals surface area contributed by atoms with Gasteiger partial charge in [-0.05, 0) is 89.5 Å². The van der Waals surface area contributed by atoms with Crippen LogP contribution in [0.15, 0.2) is 88.1 Å². The van der Waals surface area contributed by atoms with E-state index in [-0.39, 0.29) is 16.7 Å². The molecule has 2 N–H and O–H groups in total. The summed E-state index contributed by atoms with van der Waals surface area (Å²) in [6.07, 6.45) is 0. The Morgan fingerprint density at radius 1 is 0.735 bits per heavy atom. The van der Waals surface area contributed by atoms with Gasteiger partial charge in [-0.2, -0.15) is 0 Å². The lowest BCUT2D eigenvalue weighted by Crippen LogP contribution is -1.98. The molecule has 34 heavy (non-hydrogen) atoms. The van der Waals surface area contributed by atoms with Crippen molar-refractivity contribution in [1.29, 1.82) is 0 Å². The number of carboxylic acid groups (broad SMARTS) is 1. The number of hydrogen-bond acceptors (Lipinski definition) is 4. The Morgan fingerprint density at radius 3 is 2.00 bits per heavy atom. The van der Waals surface area contributed by atoms with Gasteiger partial charge in [0, 0.05) is 27.1 Å². The van der Waals surface area contributed by atoms with Gasteiger partial charge < -0.3 is 14.6 Å². The van der Waals surface area contributed by atoms with Crippen LogP contribution in [0.25, 0.3) is 54.6 Å². The van der Waals surface area contributed by atoms with Gasteiger partial charge in [-0.1, -0.05) is 18.2 Å². The molecule has 6 aromatic rings. The smallest absolute Gasteiger partial charge is 0.335 e. The van der Waals surface area contributed by atoms with E-state index in [9.17, 15) is 19.8 Å². The summed E-state index contributed by atoms with van der Waals surface area (Å²) in [6.45, 7) is 1.90. The zero-order chi connectivity index (χ0) is 23.6. The van der Waals surface area contributed by atoms with Gasteiger partial charge in [-0.25, -0.2) is 4.79 Å². The van der Waals surface area contributed by atoms with Crippen LogP contribution in [0.1, 0.15) is 15.9 Å². The maximum Gasteiger partial charge on any atom is 0.335 e. The maximum atomic E-state index is 12.0. The van der Waals surface area contributed by atoms with Gasteiger partial charge in [-0.3, -0.25) is 4.79 Å². The maximum absolute atomic E-state index is 12.0. The van der Waals surface area contributed by atoms with Crippen molar-refractivity contribution in [2.45, 2.75) is 6.92 Å². The standard InChI is InChI=1S/C29H18O5/c1-15-12-18(29(32)33)4-7-21(15)26-24-8-2-16-13-19(30)5-10-22(16)27(24)34-28-23-11-6-20(31)14-17(23)3-9-25(26)28/h2-14,30H,1H3,(H,32,33). The number of phenols is 1. The largest absolute Gasteiger partial charge is 0.508 e. The number of rotatable bonds is 2. The number of benzene rings is 5. The second-order valence-electron chi connectivity index (χ2n) is 8.48. The number of phenolic OH excluding ortho intramolecular Hbond substituents is 1. The van der Waals surface area contributed by atoms with Crippen LogP contribution in [-0.4, -0.2) is 16.2 Å². The number of hydrogen-bond donors (Lipinski definition) is 2. The first-order valence-corrected chi connectivity index (χ1v) is 10.8. The molecular formula is C29H18O5. The number of aromatic hydroxyl groups is 1. The van der Waals surface area contributed by atoms with Crippen LogP contribution in [-0.2, 0) is 0 Å². The van der Waals surface area contributed by atoms with E-state index in [1.165, 1.54) is 6.07 Å². The van der Waals surface area contributed by atoms with Crippen LogP contribution < -0.4 is 5.43 Å². The predicted molar refractivity (Wildman–Crippen MR) is 134 cm³/mol. The molecule has 5 nitrogen and oxygen atoms in total. The van der Waals surface area contributed by atoms with E-state index >= 15 is 0 Å². The molecule has 0 spiro atoms. The normalized spacial score (nSPS) is 11.6. The first kappa shape index (κ1) is 20.0. The minimum Gasteiger partial charge on any atom is -0.508 e. The van der Waals surface area contributed by atoms with Gasteiger partial charge in [0.2, 0.25) is 0 Å². The molecule has 0 radical (unpaired) electrons. The summed E-state index contributed by atoms with van der Waals surface area (Å²) in [5.74, 6) is -0.806. The molecule has 0 aliphatic heterocycles. The number of carbonyl (C=O) groups is 1. The van der Waals surface area contributed by atoms with Crippen LogP contribution in [0, 0.1) is 6.92 Å². The van der Waals surface area contributed by atoms with Gasteiger partial charge >= 0.3 is 5.97 Å². The molecule has 5 aromatic carbocycles. The number of fused-ring (bicyclic) bond motifs is 6. The second kappa shape index (κ2) is 7.18. The van der Waals surface area contributed by atoms with Crippen molar-refractivity contribution in [1.82, 2.24) is 0 Å². The fraction of sp³-hybridized carbons (Fsp3) is 0.0345. The highest BCUT2D eigenvalue weighted by Gasteiger charge is 2.18. The first-order chi connectivity index (χ1) is 16.4. The Hall–Kier alpha value is -4.64. The van der Waals surface area contributed by atoms with E-state index in [1.54, 1.807) is 36.4 Å². The van der Waals surface area contributed by atoms with Gasteiger partial charge in [0.25, 0.3) is 0 Å². The van der Waals surface area contributed by atoms with Gasteiger partial charge in [0.15, 0.2) is 5.43 Å². The van der Waals surface area contributed by atoms with Gasteiger partial charge in [0.1, 0.15) is 16.9 Å². The highest BCUT2D eigenvalue weighted by atomic mass is 16.4. The van der Waals surface area contributed by atoms with E-state index in [0.717, 1.165) is 49.0 Å². The lowest BCUT2D eigenvalue weighted by atomic mass is 9.91. The third-order valence-electron chi connectivity index (χ3n) is 6.38. The van der Waals surface area contributed by atoms with E-state index in [2.05, 4.69) is 0 Å². The molecule has 6 rings (SSSR count). The van der Waals surface area contributed by atoms with Crippen LogP contribution in [0.5, 0.6) is 5.75 Å². The molecule has 0 amide bonds. The lowest BCUT2D eigenvalue weighted by Gasteiger charge is -2.16. The quantitative estimate of drug-likeness (QED) is 0.230. The number of carboxylic acids is 1. The van der Waals surface area contributed by atoms with Gasteiger partial charge in [0.05, 0.1) is 5.56 Å². The Balaban J connectivity index is 1.84. The molecule has 0 atom stereocenters. The van der Waals surface area contributed by atoms with Crippen LogP contribution >= 0.6 is 0 Å². The predicted octanol–water partition coefficient (Wildman–Crippen LogP) is 6.63. The molecule has 0 bridgehead atoms. The average Bonchev–Trinajstić information content (AvgIpc) is 2.82. The van der Waals surface area contributed by atoms with Crippen molar-refractivity contribution in [2.24, 2.45) is 0 Å². The molecule has 0 saturated heterocycles. The summed E-state index contributed by atoms with van der Waals surface area (Å²) in [7, 11) is 0. The molecule has 1 aromatic heterocycles. The van der Waals surface area contributed by atoms with Crippen LogP contribution in [0.2, 0.25) is 0 Å². The topological polar surface area (TPSA) is 87.7 Å². The Labute approximate surface area is 193 Å².